The summed E-state index contributed by atoms with van der Waals surface area (Å²) < 4.78 is 0. The van der Waals surface area contributed by atoms with Crippen LogP contribution in [0, 0.1) is 13.8 Å². The standard InChI is InChI=1S/C21H27N3/c1-16-8-12-19(13-9-16)23-21(22-18-6-4-3-5-7-18)24-20-14-10-17(2)11-15-20/h8-15,18H,3-7H2,1-2H3,(H2,22,23,24). The zero-order chi connectivity index (χ0) is 16.8. The number of aryl methyl sites for hydroxylation is 2. The van der Waals surface area contributed by atoms with Crippen LogP contribution in [0.3, 0.4) is 0 Å². The Morgan fingerprint density at radius 3 is 1.67 bits per heavy atom. The van der Waals surface area contributed by atoms with Crippen LogP contribution in [0.2, 0.25) is 0 Å². The Hall–Kier alpha value is -2.29. The van der Waals surface area contributed by atoms with Gasteiger partial charge in [0.05, 0.1) is 6.04 Å². The molecule has 0 radical (unpaired) electrons. The highest BCUT2D eigenvalue weighted by molar-refractivity contribution is 6.03. The van der Waals surface area contributed by atoms with Crippen LogP contribution in [0.15, 0.2) is 53.5 Å². The van der Waals surface area contributed by atoms with E-state index in [1.165, 1.54) is 43.2 Å². The zero-order valence-electron chi connectivity index (χ0n) is 14.7. The SMILES string of the molecule is Cc1ccc(NC(=NC2CCCCC2)Nc2ccc(C)cc2)cc1. The lowest BCUT2D eigenvalue weighted by Crippen LogP contribution is -2.25. The van der Waals surface area contributed by atoms with E-state index >= 15 is 0 Å². The zero-order valence-corrected chi connectivity index (χ0v) is 14.7. The Kier molecular flexibility index (Phi) is 5.52. The number of benzene rings is 2. The minimum absolute atomic E-state index is 0.421. The van der Waals surface area contributed by atoms with E-state index in [9.17, 15) is 0 Å². The van der Waals surface area contributed by atoms with Crippen molar-refractivity contribution in [1.82, 2.24) is 0 Å². The second-order valence-corrected chi connectivity index (χ2v) is 6.75. The maximum absolute atomic E-state index is 4.97. The Morgan fingerprint density at radius 2 is 1.21 bits per heavy atom. The van der Waals surface area contributed by atoms with Gasteiger partial charge >= 0.3 is 0 Å². The van der Waals surface area contributed by atoms with Gasteiger partial charge in [0.1, 0.15) is 0 Å². The molecule has 0 saturated heterocycles. The number of nitrogens with one attached hydrogen (secondary N) is 2. The van der Waals surface area contributed by atoms with Gasteiger partial charge in [0, 0.05) is 11.4 Å². The number of rotatable bonds is 3. The third-order valence-electron chi connectivity index (χ3n) is 4.51. The van der Waals surface area contributed by atoms with Gasteiger partial charge in [0.15, 0.2) is 0 Å². The van der Waals surface area contributed by atoms with E-state index in [-0.39, 0.29) is 0 Å². The summed E-state index contributed by atoms with van der Waals surface area (Å²) in [5.74, 6) is 0.842. The first kappa shape index (κ1) is 16.6. The monoisotopic (exact) mass is 321 g/mol. The lowest BCUT2D eigenvalue weighted by molar-refractivity contribution is 0.443. The quantitative estimate of drug-likeness (QED) is 0.577. The molecule has 0 aliphatic heterocycles. The lowest BCUT2D eigenvalue weighted by atomic mass is 9.96. The van der Waals surface area contributed by atoms with E-state index in [1.54, 1.807) is 0 Å². The molecule has 0 atom stereocenters. The first-order chi connectivity index (χ1) is 11.7. The number of nitrogens with zero attached hydrogens (tertiary/aromatic N) is 1. The Morgan fingerprint density at radius 1 is 0.750 bits per heavy atom. The summed E-state index contributed by atoms with van der Waals surface area (Å²) in [4.78, 5) is 4.97. The van der Waals surface area contributed by atoms with E-state index < -0.39 is 0 Å². The van der Waals surface area contributed by atoms with Gasteiger partial charge in [-0.05, 0) is 51.0 Å². The Balaban J connectivity index is 1.77. The fraction of sp³-hybridized carbons (Fsp3) is 0.381. The van der Waals surface area contributed by atoms with Crippen molar-refractivity contribution in [3.05, 3.63) is 59.7 Å². The van der Waals surface area contributed by atoms with Crippen LogP contribution in [0.25, 0.3) is 0 Å². The van der Waals surface area contributed by atoms with Crippen molar-refractivity contribution in [2.45, 2.75) is 52.0 Å². The molecule has 0 bridgehead atoms. The minimum atomic E-state index is 0.421. The molecule has 2 N–H and O–H groups in total. The van der Waals surface area contributed by atoms with Gasteiger partial charge in [-0.1, -0.05) is 54.7 Å². The molecule has 0 aromatic heterocycles. The van der Waals surface area contributed by atoms with Gasteiger partial charge < -0.3 is 10.6 Å². The molecule has 2 aromatic carbocycles. The van der Waals surface area contributed by atoms with Gasteiger partial charge in [-0.2, -0.15) is 0 Å². The first-order valence-corrected chi connectivity index (χ1v) is 8.94. The van der Waals surface area contributed by atoms with Crippen molar-refractivity contribution >= 4 is 17.3 Å². The van der Waals surface area contributed by atoms with Crippen molar-refractivity contribution < 1.29 is 0 Å². The fourth-order valence-corrected chi connectivity index (χ4v) is 3.04. The second-order valence-electron chi connectivity index (χ2n) is 6.75. The molecule has 3 nitrogen and oxygen atoms in total. The maximum atomic E-state index is 4.97. The van der Waals surface area contributed by atoms with Crippen LogP contribution in [-0.4, -0.2) is 12.0 Å². The maximum Gasteiger partial charge on any atom is 0.200 e. The Bertz CT molecular complexity index is 616. The van der Waals surface area contributed by atoms with Crippen LogP contribution in [0.1, 0.15) is 43.2 Å². The lowest BCUT2D eigenvalue weighted by Gasteiger charge is -2.20. The smallest absolute Gasteiger partial charge is 0.200 e. The predicted octanol–water partition coefficient (Wildman–Crippen LogP) is 5.52. The third-order valence-corrected chi connectivity index (χ3v) is 4.51. The molecule has 0 heterocycles. The molecule has 126 valence electrons. The number of hydrogen-bond acceptors (Lipinski definition) is 1. The van der Waals surface area contributed by atoms with Crippen molar-refractivity contribution in [2.75, 3.05) is 10.6 Å². The molecule has 1 fully saturated rings. The first-order valence-electron chi connectivity index (χ1n) is 8.94. The van der Waals surface area contributed by atoms with Gasteiger partial charge in [-0.3, -0.25) is 0 Å². The molecular weight excluding hydrogens is 294 g/mol. The number of aliphatic imine (C=N–C) groups is 1. The number of hydrogen-bond donors (Lipinski definition) is 2. The highest BCUT2D eigenvalue weighted by Gasteiger charge is 2.13. The van der Waals surface area contributed by atoms with Crippen LogP contribution in [-0.2, 0) is 0 Å². The summed E-state index contributed by atoms with van der Waals surface area (Å²) in [5, 5.41) is 6.91. The molecule has 1 saturated carbocycles. The van der Waals surface area contributed by atoms with Gasteiger partial charge in [-0.25, -0.2) is 4.99 Å². The van der Waals surface area contributed by atoms with Gasteiger partial charge in [0.25, 0.3) is 0 Å². The fourth-order valence-electron chi connectivity index (χ4n) is 3.04. The van der Waals surface area contributed by atoms with E-state index in [0.29, 0.717) is 6.04 Å². The molecule has 24 heavy (non-hydrogen) atoms. The summed E-state index contributed by atoms with van der Waals surface area (Å²) in [5.41, 5.74) is 4.65. The van der Waals surface area contributed by atoms with Crippen LogP contribution >= 0.6 is 0 Å². The third kappa shape index (κ3) is 4.85. The van der Waals surface area contributed by atoms with E-state index in [2.05, 4.69) is 73.0 Å². The van der Waals surface area contributed by atoms with Crippen LogP contribution in [0.5, 0.6) is 0 Å². The molecule has 0 spiro atoms. The molecular formula is C21H27N3. The highest BCUT2D eigenvalue weighted by Crippen LogP contribution is 2.21. The summed E-state index contributed by atoms with van der Waals surface area (Å²) in [7, 11) is 0. The van der Waals surface area contributed by atoms with Gasteiger partial charge in [-0.15, -0.1) is 0 Å². The van der Waals surface area contributed by atoms with Crippen molar-refractivity contribution in [3.8, 4) is 0 Å². The molecule has 1 aliphatic carbocycles. The Labute approximate surface area is 145 Å². The molecule has 3 rings (SSSR count). The van der Waals surface area contributed by atoms with Crippen molar-refractivity contribution in [3.63, 3.8) is 0 Å². The number of guanidine groups is 1. The van der Waals surface area contributed by atoms with E-state index in [0.717, 1.165) is 17.3 Å². The van der Waals surface area contributed by atoms with Gasteiger partial charge in [0.2, 0.25) is 5.96 Å². The summed E-state index contributed by atoms with van der Waals surface area (Å²) in [6.07, 6.45) is 6.30. The predicted molar refractivity (Wildman–Crippen MR) is 104 cm³/mol. The van der Waals surface area contributed by atoms with Crippen molar-refractivity contribution in [2.24, 2.45) is 4.99 Å². The topological polar surface area (TPSA) is 36.4 Å². The average molecular weight is 321 g/mol. The largest absolute Gasteiger partial charge is 0.326 e. The molecule has 1 aliphatic rings. The summed E-state index contributed by atoms with van der Waals surface area (Å²) >= 11 is 0. The average Bonchev–Trinajstić information content (AvgIpc) is 2.60. The summed E-state index contributed by atoms with van der Waals surface area (Å²) in [6.45, 7) is 4.21. The molecule has 3 heteroatoms. The normalized spacial score (nSPS) is 14.9. The number of anilines is 2. The molecule has 0 unspecified atom stereocenters. The molecule has 2 aromatic rings. The van der Waals surface area contributed by atoms with Crippen LogP contribution < -0.4 is 10.6 Å². The van der Waals surface area contributed by atoms with Crippen LogP contribution in [0.4, 0.5) is 11.4 Å². The molecule has 0 amide bonds. The summed E-state index contributed by atoms with van der Waals surface area (Å²) in [6, 6.07) is 17.3. The van der Waals surface area contributed by atoms with E-state index in [4.69, 9.17) is 4.99 Å². The second kappa shape index (κ2) is 8.00. The highest BCUT2D eigenvalue weighted by atomic mass is 15.2. The minimum Gasteiger partial charge on any atom is -0.326 e. The van der Waals surface area contributed by atoms with E-state index in [1.807, 2.05) is 0 Å². The van der Waals surface area contributed by atoms with Crippen molar-refractivity contribution in [1.29, 1.82) is 0 Å².